The number of ether oxygens (including phenoxy) is 1. The van der Waals surface area contributed by atoms with Crippen molar-refractivity contribution in [2.75, 3.05) is 13.1 Å². The highest BCUT2D eigenvalue weighted by molar-refractivity contribution is 7.80. The Hall–Kier alpha value is -1.04. The number of nitrogens with zero attached hydrogens (tertiary/aromatic N) is 1. The fraction of sp³-hybridized carbons (Fsp3) is 0.467. The Balaban J connectivity index is 1.89. The minimum Gasteiger partial charge on any atom is -0.479 e. The molecule has 1 heterocycles. The Labute approximate surface area is 145 Å². The molecule has 1 atom stereocenters. The molecule has 1 N–H and O–H groups in total. The molecule has 2 rings (SSSR count). The van der Waals surface area contributed by atoms with E-state index in [0.29, 0.717) is 20.9 Å². The van der Waals surface area contributed by atoms with Gasteiger partial charge in [-0.25, -0.2) is 0 Å². The second-order valence-electron chi connectivity index (χ2n) is 5.18. The van der Waals surface area contributed by atoms with Crippen LogP contribution in [0.2, 0.25) is 10.0 Å². The topological polar surface area (TPSA) is 41.6 Å². The van der Waals surface area contributed by atoms with E-state index < -0.39 is 6.10 Å². The number of piperidine rings is 1. The zero-order valence-corrected chi connectivity index (χ0v) is 14.6. The summed E-state index contributed by atoms with van der Waals surface area (Å²) >= 11 is 17.1. The van der Waals surface area contributed by atoms with Crippen LogP contribution < -0.4 is 10.1 Å². The molecule has 1 aromatic carbocycles. The molecule has 0 spiro atoms. The van der Waals surface area contributed by atoms with E-state index in [1.54, 1.807) is 25.1 Å². The van der Waals surface area contributed by atoms with Gasteiger partial charge in [-0.15, -0.1) is 0 Å². The lowest BCUT2D eigenvalue weighted by Gasteiger charge is -2.29. The average Bonchev–Trinajstić information content (AvgIpc) is 2.50. The molecule has 1 saturated heterocycles. The molecule has 120 valence electrons. The van der Waals surface area contributed by atoms with E-state index >= 15 is 0 Å². The van der Waals surface area contributed by atoms with Crippen LogP contribution in [0.4, 0.5) is 0 Å². The minimum atomic E-state index is -0.707. The van der Waals surface area contributed by atoms with Gasteiger partial charge in [0.05, 0.1) is 5.02 Å². The summed E-state index contributed by atoms with van der Waals surface area (Å²) in [5, 5.41) is 4.07. The number of carbonyl (C=O) groups excluding carboxylic acids is 1. The van der Waals surface area contributed by atoms with Crippen molar-refractivity contribution in [1.82, 2.24) is 10.2 Å². The van der Waals surface area contributed by atoms with E-state index in [-0.39, 0.29) is 5.91 Å². The summed E-state index contributed by atoms with van der Waals surface area (Å²) in [4.78, 5) is 14.2. The fourth-order valence-electron chi connectivity index (χ4n) is 2.20. The third-order valence-corrected chi connectivity index (χ3v) is 4.33. The number of halogens is 2. The molecule has 1 aromatic rings. The highest BCUT2D eigenvalue weighted by Crippen LogP contribution is 2.28. The van der Waals surface area contributed by atoms with Crippen LogP contribution in [-0.4, -0.2) is 35.1 Å². The molecule has 7 heteroatoms. The van der Waals surface area contributed by atoms with E-state index in [4.69, 9.17) is 40.2 Å². The monoisotopic (exact) mass is 360 g/mol. The lowest BCUT2D eigenvalue weighted by Crippen LogP contribution is -2.48. The molecule has 0 radical (unpaired) electrons. The van der Waals surface area contributed by atoms with Crippen LogP contribution >= 0.6 is 35.4 Å². The number of likely N-dealkylation sites (tertiary alicyclic amines) is 1. The largest absolute Gasteiger partial charge is 0.479 e. The highest BCUT2D eigenvalue weighted by atomic mass is 35.5. The summed E-state index contributed by atoms with van der Waals surface area (Å²) in [6.45, 7) is 3.42. The summed E-state index contributed by atoms with van der Waals surface area (Å²) in [6, 6.07) is 4.87. The highest BCUT2D eigenvalue weighted by Gasteiger charge is 2.20. The fourth-order valence-corrected chi connectivity index (χ4v) is 2.93. The van der Waals surface area contributed by atoms with E-state index in [2.05, 4.69) is 5.32 Å². The molecular formula is C15H18Cl2N2O2S. The van der Waals surface area contributed by atoms with Gasteiger partial charge in [0, 0.05) is 18.1 Å². The summed E-state index contributed by atoms with van der Waals surface area (Å²) in [7, 11) is 0. The number of hydrogen-bond donors (Lipinski definition) is 1. The smallest absolute Gasteiger partial charge is 0.266 e. The number of amides is 1. The minimum absolute atomic E-state index is 0.290. The van der Waals surface area contributed by atoms with Gasteiger partial charge in [0.1, 0.15) is 5.75 Å². The third-order valence-electron chi connectivity index (χ3n) is 3.44. The van der Waals surface area contributed by atoms with Gasteiger partial charge in [0.2, 0.25) is 0 Å². The Morgan fingerprint density at radius 2 is 2.00 bits per heavy atom. The van der Waals surface area contributed by atoms with Gasteiger partial charge >= 0.3 is 0 Å². The first-order chi connectivity index (χ1) is 10.5. The Morgan fingerprint density at radius 1 is 1.32 bits per heavy atom. The molecule has 1 fully saturated rings. The quantitative estimate of drug-likeness (QED) is 0.835. The number of thiocarbonyl (C=S) groups is 1. The van der Waals surface area contributed by atoms with Crippen molar-refractivity contribution >= 4 is 46.4 Å². The maximum atomic E-state index is 12.2. The van der Waals surface area contributed by atoms with Gasteiger partial charge in [-0.05, 0) is 56.6 Å². The van der Waals surface area contributed by atoms with Crippen molar-refractivity contribution in [3.05, 3.63) is 28.2 Å². The van der Waals surface area contributed by atoms with Gasteiger partial charge in [-0.1, -0.05) is 23.2 Å². The lowest BCUT2D eigenvalue weighted by atomic mass is 10.1. The normalized spacial score (nSPS) is 16.0. The maximum Gasteiger partial charge on any atom is 0.266 e. The Kier molecular flexibility index (Phi) is 6.29. The van der Waals surface area contributed by atoms with Crippen molar-refractivity contribution in [1.29, 1.82) is 0 Å². The first-order valence-corrected chi connectivity index (χ1v) is 8.35. The predicted octanol–water partition coefficient (Wildman–Crippen LogP) is 3.65. The van der Waals surface area contributed by atoms with Crippen LogP contribution in [0.5, 0.6) is 5.75 Å². The van der Waals surface area contributed by atoms with Crippen LogP contribution in [-0.2, 0) is 4.79 Å². The summed E-state index contributed by atoms with van der Waals surface area (Å²) in [5.74, 6) is 0.124. The van der Waals surface area contributed by atoms with Crippen LogP contribution in [0, 0.1) is 0 Å². The number of carbonyl (C=O) groups is 1. The van der Waals surface area contributed by atoms with Crippen LogP contribution in [0.3, 0.4) is 0 Å². The van der Waals surface area contributed by atoms with E-state index in [0.717, 1.165) is 25.9 Å². The van der Waals surface area contributed by atoms with Gasteiger partial charge in [-0.2, -0.15) is 0 Å². The summed E-state index contributed by atoms with van der Waals surface area (Å²) < 4.78 is 5.57. The average molecular weight is 361 g/mol. The molecule has 4 nitrogen and oxygen atoms in total. The molecule has 0 saturated carbocycles. The zero-order chi connectivity index (χ0) is 16.1. The number of nitrogens with one attached hydrogen (secondary N) is 1. The van der Waals surface area contributed by atoms with Gasteiger partial charge in [0.25, 0.3) is 5.91 Å². The molecule has 1 aliphatic rings. The zero-order valence-electron chi connectivity index (χ0n) is 12.3. The van der Waals surface area contributed by atoms with Gasteiger partial charge < -0.3 is 9.64 Å². The molecular weight excluding hydrogens is 343 g/mol. The van der Waals surface area contributed by atoms with Crippen LogP contribution in [0.15, 0.2) is 18.2 Å². The van der Waals surface area contributed by atoms with E-state index in [1.165, 1.54) is 6.42 Å². The van der Waals surface area contributed by atoms with Crippen molar-refractivity contribution in [2.45, 2.75) is 32.3 Å². The maximum absolute atomic E-state index is 12.2. The van der Waals surface area contributed by atoms with Gasteiger partial charge in [0.15, 0.2) is 11.2 Å². The van der Waals surface area contributed by atoms with Gasteiger partial charge in [-0.3, -0.25) is 10.1 Å². The molecule has 0 aromatic heterocycles. The van der Waals surface area contributed by atoms with Crippen molar-refractivity contribution in [2.24, 2.45) is 0 Å². The van der Waals surface area contributed by atoms with Crippen molar-refractivity contribution in [3.63, 3.8) is 0 Å². The summed E-state index contributed by atoms with van der Waals surface area (Å²) in [6.07, 6.45) is 2.70. The lowest BCUT2D eigenvalue weighted by molar-refractivity contribution is -0.125. The predicted molar refractivity (Wildman–Crippen MR) is 92.7 cm³/mol. The molecule has 22 heavy (non-hydrogen) atoms. The molecule has 1 amide bonds. The standard InChI is InChI=1S/C15H18Cl2N2O2S/c1-10(21-13-6-5-11(16)9-12(13)17)14(20)18-15(22)19-7-3-2-4-8-19/h5-6,9-10H,2-4,7-8H2,1H3,(H,18,20,22)/t10-/m1/s1. The SMILES string of the molecule is C[C@@H](Oc1ccc(Cl)cc1Cl)C(=O)NC(=S)N1CCCCC1. The van der Waals surface area contributed by atoms with E-state index in [1.807, 2.05) is 4.90 Å². The number of hydrogen-bond acceptors (Lipinski definition) is 3. The first-order valence-electron chi connectivity index (χ1n) is 7.19. The molecule has 0 aliphatic carbocycles. The molecule has 0 unspecified atom stereocenters. The first kappa shape index (κ1) is 17.3. The van der Waals surface area contributed by atoms with Crippen LogP contribution in [0.25, 0.3) is 0 Å². The summed E-state index contributed by atoms with van der Waals surface area (Å²) in [5.41, 5.74) is 0. The van der Waals surface area contributed by atoms with E-state index in [9.17, 15) is 4.79 Å². The Morgan fingerprint density at radius 3 is 2.64 bits per heavy atom. The van der Waals surface area contributed by atoms with Crippen molar-refractivity contribution in [3.8, 4) is 5.75 Å². The Bertz CT molecular complexity index is 562. The molecule has 1 aliphatic heterocycles. The number of rotatable bonds is 3. The second kappa shape index (κ2) is 7.99. The second-order valence-corrected chi connectivity index (χ2v) is 6.41. The third kappa shape index (κ3) is 4.73. The van der Waals surface area contributed by atoms with Crippen LogP contribution in [0.1, 0.15) is 26.2 Å². The van der Waals surface area contributed by atoms with Crippen molar-refractivity contribution < 1.29 is 9.53 Å². The number of benzene rings is 1. The molecule has 0 bridgehead atoms.